The van der Waals surface area contributed by atoms with Gasteiger partial charge in [0, 0.05) is 13.1 Å². The Morgan fingerprint density at radius 3 is 3.00 bits per heavy atom. The second-order valence-corrected chi connectivity index (χ2v) is 7.42. The Morgan fingerprint density at radius 1 is 1.31 bits per heavy atom. The van der Waals surface area contributed by atoms with Gasteiger partial charge in [0.1, 0.15) is 0 Å². The predicted molar refractivity (Wildman–Crippen MR) is 99.9 cm³/mol. The number of ether oxygens (including phenoxy) is 2. The van der Waals surface area contributed by atoms with Gasteiger partial charge in [-0.2, -0.15) is 0 Å². The molecule has 0 unspecified atom stereocenters. The fourth-order valence-corrected chi connectivity index (χ4v) is 4.13. The second kappa shape index (κ2) is 9.49. The quantitative estimate of drug-likeness (QED) is 0.757. The zero-order valence-electron chi connectivity index (χ0n) is 15.7. The summed E-state index contributed by atoms with van der Waals surface area (Å²) in [6, 6.07) is 8.44. The van der Waals surface area contributed by atoms with Crippen molar-refractivity contribution >= 4 is 5.97 Å². The molecule has 5 heteroatoms. The molecular weight excluding hydrogens is 330 g/mol. The van der Waals surface area contributed by atoms with Crippen molar-refractivity contribution in [1.82, 2.24) is 4.90 Å². The van der Waals surface area contributed by atoms with E-state index in [9.17, 15) is 9.90 Å². The highest BCUT2D eigenvalue weighted by Crippen LogP contribution is 2.32. The van der Waals surface area contributed by atoms with E-state index in [1.807, 2.05) is 6.92 Å². The summed E-state index contributed by atoms with van der Waals surface area (Å²) in [4.78, 5) is 14.1. The van der Waals surface area contributed by atoms with E-state index in [2.05, 4.69) is 29.2 Å². The molecule has 2 aliphatic rings. The highest BCUT2D eigenvalue weighted by atomic mass is 16.5. The molecule has 0 aromatic heterocycles. The van der Waals surface area contributed by atoms with Crippen molar-refractivity contribution in [2.45, 2.75) is 51.2 Å². The fourth-order valence-electron chi connectivity index (χ4n) is 4.13. The van der Waals surface area contributed by atoms with Crippen molar-refractivity contribution in [1.29, 1.82) is 0 Å². The van der Waals surface area contributed by atoms with Crippen molar-refractivity contribution in [3.8, 4) is 0 Å². The number of hydrogen-bond acceptors (Lipinski definition) is 5. The summed E-state index contributed by atoms with van der Waals surface area (Å²) < 4.78 is 11.2. The molecule has 3 atom stereocenters. The minimum absolute atomic E-state index is 0.0676. The number of hydrogen-bond donors (Lipinski definition) is 1. The lowest BCUT2D eigenvalue weighted by Gasteiger charge is -2.33. The molecule has 0 spiro atoms. The van der Waals surface area contributed by atoms with Crippen molar-refractivity contribution in [2.24, 2.45) is 5.92 Å². The van der Waals surface area contributed by atoms with Gasteiger partial charge in [-0.1, -0.05) is 24.3 Å². The highest BCUT2D eigenvalue weighted by molar-refractivity contribution is 5.72. The van der Waals surface area contributed by atoms with Crippen LogP contribution in [0.2, 0.25) is 0 Å². The molecule has 1 aromatic rings. The molecule has 144 valence electrons. The largest absolute Gasteiger partial charge is 0.466 e. The van der Waals surface area contributed by atoms with Crippen LogP contribution in [0.5, 0.6) is 0 Å². The van der Waals surface area contributed by atoms with E-state index in [4.69, 9.17) is 9.47 Å². The topological polar surface area (TPSA) is 59.0 Å². The number of benzene rings is 1. The maximum atomic E-state index is 11.9. The maximum Gasteiger partial charge on any atom is 0.310 e. The minimum atomic E-state index is -0.537. The third-order valence-corrected chi connectivity index (χ3v) is 5.40. The number of aliphatic hydroxyl groups is 1. The van der Waals surface area contributed by atoms with Crippen LogP contribution in [0.25, 0.3) is 0 Å². The number of nitrogens with zero attached hydrogens (tertiary/aromatic N) is 1. The van der Waals surface area contributed by atoms with E-state index in [1.54, 1.807) is 0 Å². The third kappa shape index (κ3) is 5.06. The number of β-amino-alcohol motifs (C(OH)–C–C–N with tert-alkyl or cyclic N) is 1. The molecule has 1 aromatic carbocycles. The molecule has 0 amide bonds. The molecular formula is C21H31NO4. The maximum absolute atomic E-state index is 11.9. The summed E-state index contributed by atoms with van der Waals surface area (Å²) in [7, 11) is 0. The van der Waals surface area contributed by atoms with Crippen molar-refractivity contribution in [2.75, 3.05) is 32.8 Å². The number of aliphatic hydroxyl groups excluding tert-OH is 1. The van der Waals surface area contributed by atoms with Crippen LogP contribution in [0.1, 0.15) is 49.8 Å². The first-order valence-electron chi connectivity index (χ1n) is 9.93. The number of esters is 1. The highest BCUT2D eigenvalue weighted by Gasteiger charge is 2.28. The number of likely N-dealkylation sites (tertiary alicyclic amines) is 1. The molecule has 5 nitrogen and oxygen atoms in total. The molecule has 1 saturated heterocycles. The lowest BCUT2D eigenvalue weighted by Crippen LogP contribution is -2.43. The van der Waals surface area contributed by atoms with Crippen LogP contribution in [0.4, 0.5) is 0 Å². The Kier molecular flexibility index (Phi) is 7.06. The molecule has 26 heavy (non-hydrogen) atoms. The first-order valence-corrected chi connectivity index (χ1v) is 9.93. The van der Waals surface area contributed by atoms with Crippen LogP contribution >= 0.6 is 0 Å². The van der Waals surface area contributed by atoms with Crippen LogP contribution in [-0.4, -0.2) is 54.9 Å². The van der Waals surface area contributed by atoms with E-state index >= 15 is 0 Å². The Hall–Kier alpha value is -1.43. The summed E-state index contributed by atoms with van der Waals surface area (Å²) in [5.41, 5.74) is 2.64. The molecule has 1 aliphatic heterocycles. The van der Waals surface area contributed by atoms with Crippen LogP contribution in [0.3, 0.4) is 0 Å². The smallest absolute Gasteiger partial charge is 0.310 e. The van der Waals surface area contributed by atoms with Crippen LogP contribution in [0, 0.1) is 5.92 Å². The monoisotopic (exact) mass is 361 g/mol. The van der Waals surface area contributed by atoms with Gasteiger partial charge in [0.15, 0.2) is 0 Å². The lowest BCUT2D eigenvalue weighted by atomic mass is 9.89. The van der Waals surface area contributed by atoms with Gasteiger partial charge in [0.2, 0.25) is 0 Å². The molecule has 1 N–H and O–H groups in total. The fraction of sp³-hybridized carbons (Fsp3) is 0.667. The van der Waals surface area contributed by atoms with Crippen molar-refractivity contribution in [3.05, 3.63) is 35.4 Å². The summed E-state index contributed by atoms with van der Waals surface area (Å²) in [6.45, 7) is 4.73. The van der Waals surface area contributed by atoms with Gasteiger partial charge in [-0.25, -0.2) is 0 Å². The van der Waals surface area contributed by atoms with Gasteiger partial charge < -0.3 is 14.6 Å². The molecule has 1 fully saturated rings. The first kappa shape index (κ1) is 19.3. The summed E-state index contributed by atoms with van der Waals surface area (Å²) in [5, 5.41) is 10.4. The molecule has 0 radical (unpaired) electrons. The van der Waals surface area contributed by atoms with Crippen molar-refractivity contribution < 1.29 is 19.4 Å². The molecule has 0 bridgehead atoms. The van der Waals surface area contributed by atoms with E-state index < -0.39 is 6.10 Å². The Balaban J connectivity index is 1.46. The van der Waals surface area contributed by atoms with Crippen LogP contribution in [0.15, 0.2) is 24.3 Å². The average Bonchev–Trinajstić information content (AvgIpc) is 2.67. The first-order chi connectivity index (χ1) is 12.7. The summed E-state index contributed by atoms with van der Waals surface area (Å²) in [6.07, 6.45) is 4.65. The number of piperidine rings is 1. The predicted octanol–water partition coefficient (Wildman–Crippen LogP) is 2.72. The van der Waals surface area contributed by atoms with Gasteiger partial charge in [-0.15, -0.1) is 0 Å². The van der Waals surface area contributed by atoms with Gasteiger partial charge in [-0.05, 0) is 56.7 Å². The van der Waals surface area contributed by atoms with E-state index in [0.29, 0.717) is 26.3 Å². The number of aryl methyl sites for hydroxylation is 1. The number of fused-ring (bicyclic) bond motifs is 1. The normalized spacial score (nSPS) is 24.7. The Labute approximate surface area is 156 Å². The van der Waals surface area contributed by atoms with E-state index in [1.165, 1.54) is 11.1 Å². The summed E-state index contributed by atoms with van der Waals surface area (Å²) >= 11 is 0. The van der Waals surface area contributed by atoms with Crippen LogP contribution in [-0.2, 0) is 20.7 Å². The standard InChI is InChI=1S/C21H31NO4/c1-2-25-21(24)17-9-6-12-22(13-17)14-18(23)15-26-20-11-5-8-16-7-3-4-10-19(16)20/h3-4,7,10,17-18,20,23H,2,5-6,8-9,11-15H2,1H3/t17-,18-,20+/m1/s1. The SMILES string of the molecule is CCOC(=O)[C@@H]1CCCN(C[C@@H](O)CO[C@H]2CCCc3ccccc32)C1. The summed E-state index contributed by atoms with van der Waals surface area (Å²) in [5.74, 6) is -0.177. The third-order valence-electron chi connectivity index (χ3n) is 5.40. The average molecular weight is 361 g/mol. The number of rotatable bonds is 7. The molecule has 0 saturated carbocycles. The number of carbonyl (C=O) groups excluding carboxylic acids is 1. The van der Waals surface area contributed by atoms with Gasteiger partial charge >= 0.3 is 5.97 Å². The molecule has 1 heterocycles. The van der Waals surface area contributed by atoms with Gasteiger partial charge in [0.05, 0.1) is 31.3 Å². The van der Waals surface area contributed by atoms with Gasteiger partial charge in [0.25, 0.3) is 0 Å². The van der Waals surface area contributed by atoms with E-state index in [-0.39, 0.29) is 18.0 Å². The molecule has 3 rings (SSSR count). The van der Waals surface area contributed by atoms with Crippen LogP contribution < -0.4 is 0 Å². The van der Waals surface area contributed by atoms with E-state index in [0.717, 1.165) is 38.6 Å². The number of carbonyl (C=O) groups is 1. The second-order valence-electron chi connectivity index (χ2n) is 7.42. The zero-order chi connectivity index (χ0) is 18.4. The lowest BCUT2D eigenvalue weighted by molar-refractivity contribution is -0.150. The minimum Gasteiger partial charge on any atom is -0.466 e. The van der Waals surface area contributed by atoms with Gasteiger partial charge in [-0.3, -0.25) is 9.69 Å². The Bertz CT molecular complexity index is 591. The molecule has 1 aliphatic carbocycles. The zero-order valence-corrected chi connectivity index (χ0v) is 15.7. The Morgan fingerprint density at radius 2 is 2.15 bits per heavy atom. The van der Waals surface area contributed by atoms with Crippen molar-refractivity contribution in [3.63, 3.8) is 0 Å².